The Bertz CT molecular complexity index is 637. The van der Waals surface area contributed by atoms with Crippen molar-refractivity contribution in [3.05, 3.63) is 54.1 Å². The van der Waals surface area contributed by atoms with Crippen molar-refractivity contribution < 1.29 is 9.53 Å². The first-order chi connectivity index (χ1) is 10.3. The molecule has 0 aliphatic carbocycles. The van der Waals surface area contributed by atoms with Gasteiger partial charge in [-0.2, -0.15) is 0 Å². The molecule has 0 radical (unpaired) electrons. The molecule has 0 aromatic heterocycles. The third kappa shape index (κ3) is 2.99. The zero-order chi connectivity index (χ0) is 14.7. The number of ether oxygens (including phenoxy) is 1. The fourth-order valence-electron chi connectivity index (χ4n) is 2.47. The molecule has 0 saturated heterocycles. The second-order valence-electron chi connectivity index (χ2n) is 5.07. The van der Waals surface area contributed by atoms with Crippen LogP contribution >= 0.6 is 0 Å². The number of para-hydroxylation sites is 1. The number of anilines is 2. The van der Waals surface area contributed by atoms with Crippen LogP contribution < -0.4 is 15.4 Å². The summed E-state index contributed by atoms with van der Waals surface area (Å²) >= 11 is 0. The number of nitrogens with one attached hydrogen (secondary N) is 2. The Morgan fingerprint density at radius 1 is 1.14 bits per heavy atom. The van der Waals surface area contributed by atoms with Gasteiger partial charge in [-0.3, -0.25) is 4.79 Å². The van der Waals surface area contributed by atoms with Crippen LogP contribution in [0, 0.1) is 0 Å². The molecule has 1 unspecified atom stereocenters. The molecule has 2 aromatic carbocycles. The van der Waals surface area contributed by atoms with Gasteiger partial charge >= 0.3 is 0 Å². The Balaban J connectivity index is 1.73. The summed E-state index contributed by atoms with van der Waals surface area (Å²) in [6.07, 6.45) is 1.04. The maximum atomic E-state index is 12.3. The standard InChI is InChI=1S/C17H18N2O2/c1-18-13-7-9-14(10-8-13)21-16-11-6-12-4-2-3-5-15(12)19-17(16)20/h2-5,7-10,16,18H,6,11H2,1H3,(H,19,20). The van der Waals surface area contributed by atoms with Gasteiger partial charge in [-0.05, 0) is 48.7 Å². The molecular weight excluding hydrogens is 264 g/mol. The molecule has 1 aliphatic heterocycles. The van der Waals surface area contributed by atoms with Crippen LogP contribution in [0.25, 0.3) is 0 Å². The van der Waals surface area contributed by atoms with Crippen molar-refractivity contribution in [3.8, 4) is 5.75 Å². The van der Waals surface area contributed by atoms with Crippen molar-refractivity contribution in [2.45, 2.75) is 18.9 Å². The fraction of sp³-hybridized carbons (Fsp3) is 0.235. The SMILES string of the molecule is CNc1ccc(OC2CCc3ccccc3NC2=O)cc1. The predicted molar refractivity (Wildman–Crippen MR) is 83.8 cm³/mol. The normalized spacial score (nSPS) is 17.4. The van der Waals surface area contributed by atoms with E-state index in [4.69, 9.17) is 4.74 Å². The van der Waals surface area contributed by atoms with E-state index in [9.17, 15) is 4.79 Å². The molecule has 0 spiro atoms. The lowest BCUT2D eigenvalue weighted by Crippen LogP contribution is -2.31. The number of carbonyl (C=O) groups excluding carboxylic acids is 1. The zero-order valence-corrected chi connectivity index (χ0v) is 11.9. The van der Waals surface area contributed by atoms with Crippen LogP contribution in [-0.2, 0) is 11.2 Å². The van der Waals surface area contributed by atoms with Crippen LogP contribution in [0.1, 0.15) is 12.0 Å². The molecule has 3 rings (SSSR count). The van der Waals surface area contributed by atoms with E-state index in [0.29, 0.717) is 12.2 Å². The molecule has 4 nitrogen and oxygen atoms in total. The molecule has 1 amide bonds. The predicted octanol–water partition coefficient (Wildman–Crippen LogP) is 3.06. The molecule has 1 heterocycles. The van der Waals surface area contributed by atoms with E-state index in [1.165, 1.54) is 0 Å². The average molecular weight is 282 g/mol. The van der Waals surface area contributed by atoms with E-state index in [1.54, 1.807) is 0 Å². The first-order valence-electron chi connectivity index (χ1n) is 7.09. The number of rotatable bonds is 3. The lowest BCUT2D eigenvalue weighted by Gasteiger charge is -2.16. The van der Waals surface area contributed by atoms with E-state index in [1.807, 2.05) is 55.6 Å². The highest BCUT2D eigenvalue weighted by Gasteiger charge is 2.24. The molecule has 1 aliphatic rings. The molecule has 2 N–H and O–H groups in total. The first kappa shape index (κ1) is 13.5. The maximum absolute atomic E-state index is 12.3. The zero-order valence-electron chi connectivity index (χ0n) is 11.9. The van der Waals surface area contributed by atoms with Gasteiger partial charge < -0.3 is 15.4 Å². The minimum absolute atomic E-state index is 0.0855. The summed E-state index contributed by atoms with van der Waals surface area (Å²) in [6, 6.07) is 15.5. The molecule has 1 atom stereocenters. The van der Waals surface area contributed by atoms with Gasteiger partial charge in [0, 0.05) is 18.4 Å². The summed E-state index contributed by atoms with van der Waals surface area (Å²) in [5, 5.41) is 5.99. The molecular formula is C17H18N2O2. The summed E-state index contributed by atoms with van der Waals surface area (Å²) < 4.78 is 5.84. The Kier molecular flexibility index (Phi) is 3.77. The van der Waals surface area contributed by atoms with Crippen molar-refractivity contribution in [2.75, 3.05) is 17.7 Å². The number of carbonyl (C=O) groups is 1. The van der Waals surface area contributed by atoms with E-state index < -0.39 is 6.10 Å². The van der Waals surface area contributed by atoms with Crippen molar-refractivity contribution in [1.82, 2.24) is 0 Å². The van der Waals surface area contributed by atoms with E-state index in [2.05, 4.69) is 10.6 Å². The molecule has 108 valence electrons. The highest BCUT2D eigenvalue weighted by atomic mass is 16.5. The van der Waals surface area contributed by atoms with Gasteiger partial charge in [0.25, 0.3) is 5.91 Å². The van der Waals surface area contributed by atoms with Crippen molar-refractivity contribution in [2.24, 2.45) is 0 Å². The molecule has 4 heteroatoms. The van der Waals surface area contributed by atoms with Crippen LogP contribution in [-0.4, -0.2) is 19.1 Å². The number of hydrogen-bond donors (Lipinski definition) is 2. The number of hydrogen-bond acceptors (Lipinski definition) is 3. The quantitative estimate of drug-likeness (QED) is 0.909. The van der Waals surface area contributed by atoms with Crippen LogP contribution in [0.5, 0.6) is 5.75 Å². The van der Waals surface area contributed by atoms with Crippen molar-refractivity contribution in [1.29, 1.82) is 0 Å². The number of amides is 1. The van der Waals surface area contributed by atoms with Crippen molar-refractivity contribution in [3.63, 3.8) is 0 Å². The van der Waals surface area contributed by atoms with Crippen molar-refractivity contribution >= 4 is 17.3 Å². The van der Waals surface area contributed by atoms with Gasteiger partial charge in [-0.25, -0.2) is 0 Å². The maximum Gasteiger partial charge on any atom is 0.265 e. The summed E-state index contributed by atoms with van der Waals surface area (Å²) in [7, 11) is 1.87. The molecule has 2 aromatic rings. The molecule has 0 bridgehead atoms. The number of benzene rings is 2. The van der Waals surface area contributed by atoms with Crippen LogP contribution in [0.3, 0.4) is 0 Å². The van der Waals surface area contributed by atoms with Gasteiger partial charge in [0.15, 0.2) is 6.10 Å². The molecule has 0 saturated carbocycles. The van der Waals surface area contributed by atoms with E-state index >= 15 is 0 Å². The third-order valence-electron chi connectivity index (χ3n) is 3.66. The largest absolute Gasteiger partial charge is 0.481 e. The van der Waals surface area contributed by atoms with Gasteiger partial charge in [0.05, 0.1) is 0 Å². The second kappa shape index (κ2) is 5.87. The smallest absolute Gasteiger partial charge is 0.265 e. The Hall–Kier alpha value is -2.49. The van der Waals surface area contributed by atoms with Crippen LogP contribution in [0.15, 0.2) is 48.5 Å². The second-order valence-corrected chi connectivity index (χ2v) is 5.07. The third-order valence-corrected chi connectivity index (χ3v) is 3.66. The monoisotopic (exact) mass is 282 g/mol. The lowest BCUT2D eigenvalue weighted by molar-refractivity contribution is -0.122. The Morgan fingerprint density at radius 2 is 1.90 bits per heavy atom. The minimum atomic E-state index is -0.460. The summed E-state index contributed by atoms with van der Waals surface area (Å²) in [5.74, 6) is 0.623. The average Bonchev–Trinajstić information content (AvgIpc) is 2.67. The summed E-state index contributed by atoms with van der Waals surface area (Å²) in [5.41, 5.74) is 3.06. The van der Waals surface area contributed by atoms with Gasteiger partial charge in [-0.1, -0.05) is 18.2 Å². The summed E-state index contributed by atoms with van der Waals surface area (Å²) in [6.45, 7) is 0. The van der Waals surface area contributed by atoms with E-state index in [0.717, 1.165) is 23.4 Å². The Labute approximate surface area is 124 Å². The van der Waals surface area contributed by atoms with E-state index in [-0.39, 0.29) is 5.91 Å². The summed E-state index contributed by atoms with van der Waals surface area (Å²) in [4.78, 5) is 12.3. The highest BCUT2D eigenvalue weighted by Crippen LogP contribution is 2.24. The molecule has 0 fully saturated rings. The number of fused-ring (bicyclic) bond motifs is 1. The van der Waals surface area contributed by atoms with Gasteiger partial charge in [0.2, 0.25) is 0 Å². The fourth-order valence-corrected chi connectivity index (χ4v) is 2.47. The Morgan fingerprint density at radius 3 is 2.67 bits per heavy atom. The van der Waals surface area contributed by atoms with Crippen LogP contribution in [0.4, 0.5) is 11.4 Å². The lowest BCUT2D eigenvalue weighted by atomic mass is 10.1. The number of aryl methyl sites for hydroxylation is 1. The van der Waals surface area contributed by atoms with Gasteiger partial charge in [-0.15, -0.1) is 0 Å². The van der Waals surface area contributed by atoms with Crippen LogP contribution in [0.2, 0.25) is 0 Å². The topological polar surface area (TPSA) is 50.4 Å². The highest BCUT2D eigenvalue weighted by molar-refractivity contribution is 5.95. The molecule has 21 heavy (non-hydrogen) atoms. The van der Waals surface area contributed by atoms with Gasteiger partial charge in [0.1, 0.15) is 5.75 Å². The first-order valence-corrected chi connectivity index (χ1v) is 7.09. The minimum Gasteiger partial charge on any atom is -0.481 e.